The van der Waals surface area contributed by atoms with E-state index in [9.17, 15) is 24.0 Å². The summed E-state index contributed by atoms with van der Waals surface area (Å²) in [5.74, 6) is -1.68. The van der Waals surface area contributed by atoms with Crippen molar-refractivity contribution >= 4 is 52.1 Å². The lowest BCUT2D eigenvalue weighted by molar-refractivity contribution is -0.146. The number of amides is 2. The van der Waals surface area contributed by atoms with Gasteiger partial charge in [-0.15, -0.1) is 11.3 Å². The second-order valence-corrected chi connectivity index (χ2v) is 11.4. The molecule has 0 bridgehead atoms. The van der Waals surface area contributed by atoms with Gasteiger partial charge in [0.1, 0.15) is 11.7 Å². The number of carbonyl (C=O) groups is 4. The van der Waals surface area contributed by atoms with Gasteiger partial charge in [-0.05, 0) is 45.2 Å². The number of fused-ring (bicyclic) bond motifs is 1. The third kappa shape index (κ3) is 8.93. The van der Waals surface area contributed by atoms with Crippen molar-refractivity contribution in [3.8, 4) is 0 Å². The number of nitrogens with one attached hydrogen (secondary N) is 3. The lowest BCUT2D eigenvalue weighted by Crippen LogP contribution is -2.42. The highest BCUT2D eigenvalue weighted by Gasteiger charge is 2.25. The van der Waals surface area contributed by atoms with Gasteiger partial charge in [0.2, 0.25) is 11.9 Å². The minimum atomic E-state index is -0.986. The van der Waals surface area contributed by atoms with E-state index < -0.39 is 29.3 Å². The Bertz CT molecular complexity index is 1470. The van der Waals surface area contributed by atoms with Gasteiger partial charge in [0.05, 0.1) is 23.5 Å². The monoisotopic (exact) mass is 585 g/mol. The molecular weight excluding hydrogens is 550 g/mol. The van der Waals surface area contributed by atoms with Gasteiger partial charge in [0.15, 0.2) is 5.43 Å². The van der Waals surface area contributed by atoms with E-state index in [-0.39, 0.29) is 43.3 Å². The predicted molar refractivity (Wildman–Crippen MR) is 154 cm³/mol. The van der Waals surface area contributed by atoms with Crippen LogP contribution in [0, 0.1) is 5.41 Å². The Hall–Kier alpha value is -4.13. The summed E-state index contributed by atoms with van der Waals surface area (Å²) in [5, 5.41) is 5.62. The minimum absolute atomic E-state index is 0.0351. The predicted octanol–water partition coefficient (Wildman–Crippen LogP) is 3.15. The van der Waals surface area contributed by atoms with Gasteiger partial charge in [-0.2, -0.15) is 4.98 Å². The van der Waals surface area contributed by atoms with Crippen molar-refractivity contribution in [3.63, 3.8) is 0 Å². The molecule has 3 heterocycles. The molecule has 0 saturated heterocycles. The SMILES string of the molecule is CCOC(=O)CC[C@H](NC(=O)c1ccc(CCc2cc(=O)c3cnc(NC(=O)C(C)(C)C)nc3[nH]2)s1)C(=O)OCC. The average Bonchev–Trinajstić information content (AvgIpc) is 3.38. The number of thiophene rings is 1. The van der Waals surface area contributed by atoms with Crippen LogP contribution in [-0.2, 0) is 36.7 Å². The largest absolute Gasteiger partial charge is 0.466 e. The van der Waals surface area contributed by atoms with Crippen LogP contribution in [0.5, 0.6) is 0 Å². The highest BCUT2D eigenvalue weighted by molar-refractivity contribution is 7.14. The summed E-state index contributed by atoms with van der Waals surface area (Å²) in [7, 11) is 0. The van der Waals surface area contributed by atoms with Gasteiger partial charge < -0.3 is 19.8 Å². The zero-order chi connectivity index (χ0) is 30.2. The van der Waals surface area contributed by atoms with Crippen molar-refractivity contribution in [1.29, 1.82) is 0 Å². The Morgan fingerprint density at radius 2 is 1.80 bits per heavy atom. The summed E-state index contributed by atoms with van der Waals surface area (Å²) in [6.07, 6.45) is 2.39. The Labute approximate surface area is 241 Å². The number of aromatic amines is 1. The number of aromatic nitrogens is 3. The van der Waals surface area contributed by atoms with E-state index in [2.05, 4.69) is 25.6 Å². The van der Waals surface area contributed by atoms with Gasteiger partial charge in [-0.25, -0.2) is 9.78 Å². The first-order valence-corrected chi connectivity index (χ1v) is 14.1. The molecule has 0 fully saturated rings. The first-order valence-electron chi connectivity index (χ1n) is 13.3. The van der Waals surface area contributed by atoms with E-state index in [1.807, 2.05) is 0 Å². The third-order valence-corrected chi connectivity index (χ3v) is 7.03. The second kappa shape index (κ2) is 14.0. The summed E-state index contributed by atoms with van der Waals surface area (Å²) < 4.78 is 9.95. The molecule has 0 aromatic carbocycles. The van der Waals surface area contributed by atoms with Crippen molar-refractivity contribution < 1.29 is 28.7 Å². The van der Waals surface area contributed by atoms with E-state index in [0.717, 1.165) is 4.88 Å². The number of aryl methyl sites for hydroxylation is 2. The Morgan fingerprint density at radius 1 is 1.07 bits per heavy atom. The highest BCUT2D eigenvalue weighted by Crippen LogP contribution is 2.20. The molecule has 0 saturated carbocycles. The molecule has 0 aliphatic rings. The van der Waals surface area contributed by atoms with Crippen LogP contribution in [0.1, 0.15) is 67.7 Å². The highest BCUT2D eigenvalue weighted by atomic mass is 32.1. The van der Waals surface area contributed by atoms with Crippen LogP contribution in [-0.4, -0.2) is 58.0 Å². The Balaban J connectivity index is 1.67. The van der Waals surface area contributed by atoms with E-state index in [1.165, 1.54) is 23.6 Å². The normalized spacial score (nSPS) is 12.0. The van der Waals surface area contributed by atoms with E-state index in [0.29, 0.717) is 34.4 Å². The van der Waals surface area contributed by atoms with Crippen LogP contribution in [0.25, 0.3) is 11.0 Å². The van der Waals surface area contributed by atoms with Gasteiger partial charge in [0.25, 0.3) is 5.91 Å². The summed E-state index contributed by atoms with van der Waals surface area (Å²) in [5.41, 5.74) is 0.0641. The quantitative estimate of drug-likeness (QED) is 0.270. The summed E-state index contributed by atoms with van der Waals surface area (Å²) in [6, 6.07) is 3.95. The number of hydrogen-bond donors (Lipinski definition) is 3. The second-order valence-electron chi connectivity index (χ2n) is 10.2. The molecule has 0 aliphatic heterocycles. The number of pyridine rings is 1. The van der Waals surface area contributed by atoms with Gasteiger partial charge in [-0.3, -0.25) is 24.5 Å². The maximum atomic E-state index is 12.9. The van der Waals surface area contributed by atoms with Crippen LogP contribution in [0.2, 0.25) is 0 Å². The van der Waals surface area contributed by atoms with Crippen molar-refractivity contribution in [2.45, 2.75) is 66.3 Å². The fourth-order valence-corrected chi connectivity index (χ4v) is 4.58. The van der Waals surface area contributed by atoms with Gasteiger partial charge >= 0.3 is 11.9 Å². The molecule has 1 atom stereocenters. The van der Waals surface area contributed by atoms with Crippen molar-refractivity contribution in [2.24, 2.45) is 5.41 Å². The van der Waals surface area contributed by atoms with Crippen LogP contribution < -0.4 is 16.1 Å². The molecule has 12 nitrogen and oxygen atoms in total. The van der Waals surface area contributed by atoms with Crippen LogP contribution in [0.3, 0.4) is 0 Å². The zero-order valence-corrected chi connectivity index (χ0v) is 24.6. The maximum absolute atomic E-state index is 12.9. The number of nitrogens with zero attached hydrogens (tertiary/aromatic N) is 2. The minimum Gasteiger partial charge on any atom is -0.466 e. The number of hydrogen-bond acceptors (Lipinski definition) is 10. The zero-order valence-electron chi connectivity index (χ0n) is 23.8. The van der Waals surface area contributed by atoms with Gasteiger partial charge in [-0.1, -0.05) is 20.8 Å². The number of ether oxygens (including phenoxy) is 2. The maximum Gasteiger partial charge on any atom is 0.328 e. The molecule has 0 unspecified atom stereocenters. The van der Waals surface area contributed by atoms with Crippen molar-refractivity contribution in [2.75, 3.05) is 18.5 Å². The van der Waals surface area contributed by atoms with E-state index in [4.69, 9.17) is 9.47 Å². The fourth-order valence-electron chi connectivity index (χ4n) is 3.67. The first-order chi connectivity index (χ1) is 19.4. The van der Waals surface area contributed by atoms with Crippen LogP contribution >= 0.6 is 11.3 Å². The fraction of sp³-hybridized carbons (Fsp3) is 0.464. The summed E-state index contributed by atoms with van der Waals surface area (Å²) in [4.78, 5) is 74.7. The molecule has 0 spiro atoms. The van der Waals surface area contributed by atoms with Crippen LogP contribution in [0.4, 0.5) is 5.95 Å². The molecular formula is C28H35N5O7S. The Morgan fingerprint density at radius 3 is 2.49 bits per heavy atom. The molecule has 3 N–H and O–H groups in total. The molecule has 3 rings (SSSR count). The standard InChI is InChI=1S/C28H35N5O7S/c1-6-39-22(35)13-11-19(25(37)40-7-2)31-24(36)21-12-10-17(41-21)9-8-16-14-20(34)18-15-29-27(32-23(18)30-16)33-26(38)28(3,4)5/h10,12,14-15,19H,6-9,11,13H2,1-5H3,(H,31,36)(H2,29,30,32,33,34,38)/t19-/m0/s1. The molecule has 3 aromatic heterocycles. The van der Waals surface area contributed by atoms with E-state index >= 15 is 0 Å². The summed E-state index contributed by atoms with van der Waals surface area (Å²) in [6.45, 7) is 9.03. The number of anilines is 1. The topological polar surface area (TPSA) is 169 Å². The van der Waals surface area contributed by atoms with Crippen LogP contribution in [0.15, 0.2) is 29.2 Å². The van der Waals surface area contributed by atoms with Crippen molar-refractivity contribution in [3.05, 3.63) is 50.1 Å². The molecule has 41 heavy (non-hydrogen) atoms. The van der Waals surface area contributed by atoms with Crippen molar-refractivity contribution in [1.82, 2.24) is 20.3 Å². The smallest absolute Gasteiger partial charge is 0.328 e. The molecule has 0 aliphatic carbocycles. The lowest BCUT2D eigenvalue weighted by atomic mass is 9.96. The molecule has 3 aromatic rings. The molecule has 13 heteroatoms. The Kier molecular flexibility index (Phi) is 10.7. The lowest BCUT2D eigenvalue weighted by Gasteiger charge is -2.16. The van der Waals surface area contributed by atoms with E-state index in [1.54, 1.807) is 46.8 Å². The number of H-pyrrole nitrogens is 1. The first kappa shape index (κ1) is 31.4. The number of esters is 2. The number of rotatable bonds is 12. The molecule has 2 amide bonds. The average molecular weight is 586 g/mol. The summed E-state index contributed by atoms with van der Waals surface area (Å²) >= 11 is 1.26. The molecule has 0 radical (unpaired) electrons. The third-order valence-electron chi connectivity index (χ3n) is 5.89. The molecule has 220 valence electrons. The van der Waals surface area contributed by atoms with Gasteiger partial charge in [0, 0.05) is 34.7 Å². The number of carbonyl (C=O) groups excluding carboxylic acids is 4.